The van der Waals surface area contributed by atoms with Gasteiger partial charge >= 0.3 is 6.09 Å². The van der Waals surface area contributed by atoms with Crippen molar-refractivity contribution >= 4 is 23.4 Å². The fourth-order valence-electron chi connectivity index (χ4n) is 6.56. The van der Waals surface area contributed by atoms with Gasteiger partial charge in [-0.2, -0.15) is 0 Å². The van der Waals surface area contributed by atoms with Crippen LogP contribution in [0.3, 0.4) is 0 Å². The molecule has 1 unspecified atom stereocenters. The fourth-order valence-corrected chi connectivity index (χ4v) is 6.56. The summed E-state index contributed by atoms with van der Waals surface area (Å²) in [5.74, 6) is -0.145. The number of carbonyl (C=O) groups excluding carboxylic acids is 2. The summed E-state index contributed by atoms with van der Waals surface area (Å²) in [6.45, 7) is 5.01. The summed E-state index contributed by atoms with van der Waals surface area (Å²) in [6.07, 6.45) is 1.75. The van der Waals surface area contributed by atoms with Crippen LogP contribution in [0.5, 0.6) is 0 Å². The van der Waals surface area contributed by atoms with E-state index >= 15 is 0 Å². The summed E-state index contributed by atoms with van der Waals surface area (Å²) in [5.41, 5.74) is 10.7. The van der Waals surface area contributed by atoms with Gasteiger partial charge in [0, 0.05) is 35.9 Å². The zero-order valence-corrected chi connectivity index (χ0v) is 19.0. The molecule has 0 radical (unpaired) electrons. The third-order valence-corrected chi connectivity index (χ3v) is 7.64. The number of amides is 2. The summed E-state index contributed by atoms with van der Waals surface area (Å²) in [4.78, 5) is 33.9. The Hall–Kier alpha value is -3.97. The van der Waals surface area contributed by atoms with Crippen LogP contribution in [0.15, 0.2) is 66.3 Å². The van der Waals surface area contributed by atoms with Crippen molar-refractivity contribution in [3.8, 4) is 0 Å². The van der Waals surface area contributed by atoms with Gasteiger partial charge in [-0.25, -0.2) is 4.79 Å². The molecule has 0 bridgehead atoms. The quantitative estimate of drug-likeness (QED) is 0.301. The molecule has 1 N–H and O–H groups in total. The molecular weight excluding hydrogens is 432 g/mol. The van der Waals surface area contributed by atoms with E-state index in [1.54, 1.807) is 11.0 Å². The molecule has 2 aromatic rings. The highest BCUT2D eigenvalue weighted by molar-refractivity contribution is 6.08. The third-order valence-electron chi connectivity index (χ3n) is 7.64. The van der Waals surface area contributed by atoms with Crippen molar-refractivity contribution in [2.24, 2.45) is 5.11 Å². The lowest BCUT2D eigenvalue weighted by atomic mass is 9.55. The van der Waals surface area contributed by atoms with Gasteiger partial charge in [0.1, 0.15) is 6.17 Å². The Bertz CT molecular complexity index is 1220. The third kappa shape index (κ3) is 2.64. The summed E-state index contributed by atoms with van der Waals surface area (Å²) in [7, 11) is 1.37. The maximum Gasteiger partial charge on any atom is 0.411 e. The van der Waals surface area contributed by atoms with Crippen LogP contribution >= 0.6 is 0 Å². The first-order valence-corrected chi connectivity index (χ1v) is 11.3. The fraction of sp³-hybridized carbons (Fsp3) is 0.360. The van der Waals surface area contributed by atoms with E-state index < -0.39 is 23.1 Å². The van der Waals surface area contributed by atoms with Gasteiger partial charge in [-0.05, 0) is 41.6 Å². The lowest BCUT2D eigenvalue weighted by Crippen LogP contribution is -2.62. The minimum atomic E-state index is -1.06. The maximum absolute atomic E-state index is 14.1. The number of fused-ring (bicyclic) bond motifs is 4. The lowest BCUT2D eigenvalue weighted by molar-refractivity contribution is -0.124. The number of para-hydroxylation sites is 2. The number of nitrogens with zero attached hydrogens (tertiary/aromatic N) is 5. The number of azide groups is 1. The molecular formula is C25H26N6O3. The second kappa shape index (κ2) is 8.11. The van der Waals surface area contributed by atoms with Crippen molar-refractivity contribution in [3.63, 3.8) is 0 Å². The number of hydrogen-bond donors (Lipinski definition) is 1. The summed E-state index contributed by atoms with van der Waals surface area (Å²) < 4.78 is 5.17. The first-order valence-electron chi connectivity index (χ1n) is 11.3. The number of anilines is 2. The average molecular weight is 459 g/mol. The molecule has 9 heteroatoms. The average Bonchev–Trinajstić information content (AvgIpc) is 3.47. The molecule has 1 saturated heterocycles. The predicted molar refractivity (Wildman–Crippen MR) is 129 cm³/mol. The van der Waals surface area contributed by atoms with Gasteiger partial charge < -0.3 is 15.0 Å². The second-order valence-electron chi connectivity index (χ2n) is 8.83. The summed E-state index contributed by atoms with van der Waals surface area (Å²) in [6, 6.07) is 15.7. The Balaban J connectivity index is 1.84. The van der Waals surface area contributed by atoms with Gasteiger partial charge in [0.05, 0.1) is 17.9 Å². The Labute approximate surface area is 197 Å². The van der Waals surface area contributed by atoms with Gasteiger partial charge in [-0.1, -0.05) is 47.6 Å². The molecule has 0 spiro atoms. The standard InChI is InChI=1S/C25H26N6O3/c1-3-15-30-20-11-7-5-9-18(20)25(13-16-31(22(25)30)23(33)34-2)24(12-14-27-29-26)17-8-4-6-10-19(17)28-21(24)32/h3-11,22H,1,12-16H2,2H3,(H,28,32)/t22-,24-,25?/m1/s1. The van der Waals surface area contributed by atoms with Crippen LogP contribution in [-0.4, -0.2) is 49.8 Å². The van der Waals surface area contributed by atoms with E-state index in [1.807, 2.05) is 42.5 Å². The molecule has 5 rings (SSSR count). The Kier molecular flexibility index (Phi) is 5.21. The van der Waals surface area contributed by atoms with Crippen LogP contribution in [0.25, 0.3) is 10.4 Å². The molecule has 174 valence electrons. The van der Waals surface area contributed by atoms with Gasteiger partial charge in [0.25, 0.3) is 0 Å². The molecule has 3 aliphatic heterocycles. The van der Waals surface area contributed by atoms with Crippen LogP contribution in [0, 0.1) is 0 Å². The van der Waals surface area contributed by atoms with Crippen molar-refractivity contribution in [1.29, 1.82) is 0 Å². The van der Waals surface area contributed by atoms with Gasteiger partial charge in [-0.3, -0.25) is 9.69 Å². The molecule has 0 saturated carbocycles. The molecule has 1 fully saturated rings. The van der Waals surface area contributed by atoms with Crippen LogP contribution in [-0.2, 0) is 20.4 Å². The molecule has 9 nitrogen and oxygen atoms in total. The number of hydrogen-bond acceptors (Lipinski definition) is 5. The molecule has 3 heterocycles. The number of ether oxygens (including phenoxy) is 1. The normalized spacial score (nSPS) is 26.3. The van der Waals surface area contributed by atoms with Gasteiger partial charge in [0.15, 0.2) is 0 Å². The molecule has 2 aromatic carbocycles. The highest BCUT2D eigenvalue weighted by atomic mass is 16.5. The number of benzene rings is 2. The molecule has 0 aliphatic carbocycles. The summed E-state index contributed by atoms with van der Waals surface area (Å²) >= 11 is 0. The SMILES string of the molecule is C=CCN1c2ccccc2C2([C@@]3(CCN=[N+]=[N-])C(=O)Nc4ccccc43)CCN(C(=O)OC)[C@@H]12. The topological polar surface area (TPSA) is 111 Å². The van der Waals surface area contributed by atoms with Crippen molar-refractivity contribution in [3.05, 3.63) is 82.8 Å². The van der Waals surface area contributed by atoms with E-state index in [4.69, 9.17) is 10.3 Å². The van der Waals surface area contributed by atoms with E-state index in [-0.39, 0.29) is 12.5 Å². The molecule has 34 heavy (non-hydrogen) atoms. The van der Waals surface area contributed by atoms with Crippen molar-refractivity contribution in [2.45, 2.75) is 29.8 Å². The Morgan fingerprint density at radius 2 is 2.03 bits per heavy atom. The minimum Gasteiger partial charge on any atom is -0.453 e. The lowest BCUT2D eigenvalue weighted by Gasteiger charge is -2.47. The van der Waals surface area contributed by atoms with Crippen LogP contribution in [0.2, 0.25) is 0 Å². The highest BCUT2D eigenvalue weighted by Gasteiger charge is 2.72. The van der Waals surface area contributed by atoms with Crippen molar-refractivity contribution in [1.82, 2.24) is 4.90 Å². The first kappa shape index (κ1) is 21.9. The smallest absolute Gasteiger partial charge is 0.411 e. The number of nitrogens with one attached hydrogen (secondary N) is 1. The Morgan fingerprint density at radius 3 is 2.76 bits per heavy atom. The zero-order valence-electron chi connectivity index (χ0n) is 19.0. The molecule has 3 atom stereocenters. The monoisotopic (exact) mass is 458 g/mol. The van der Waals surface area contributed by atoms with E-state index in [0.717, 1.165) is 22.5 Å². The van der Waals surface area contributed by atoms with E-state index in [0.29, 0.717) is 25.9 Å². The van der Waals surface area contributed by atoms with Crippen LogP contribution in [0.1, 0.15) is 24.0 Å². The number of methoxy groups -OCH3 is 1. The van der Waals surface area contributed by atoms with Crippen molar-refractivity contribution in [2.75, 3.05) is 37.0 Å². The molecule has 2 amide bonds. The van der Waals surface area contributed by atoms with Crippen molar-refractivity contribution < 1.29 is 14.3 Å². The van der Waals surface area contributed by atoms with Gasteiger partial charge in [0.2, 0.25) is 5.91 Å². The van der Waals surface area contributed by atoms with E-state index in [9.17, 15) is 9.59 Å². The molecule has 0 aromatic heterocycles. The van der Waals surface area contributed by atoms with Gasteiger partial charge in [-0.15, -0.1) is 6.58 Å². The zero-order chi connectivity index (χ0) is 23.9. The molecule has 3 aliphatic rings. The first-order chi connectivity index (χ1) is 16.6. The predicted octanol–water partition coefficient (Wildman–Crippen LogP) is 4.32. The maximum atomic E-state index is 14.1. The minimum absolute atomic E-state index is 0.145. The number of carbonyl (C=O) groups is 2. The Morgan fingerprint density at radius 1 is 1.29 bits per heavy atom. The highest BCUT2D eigenvalue weighted by Crippen LogP contribution is 2.64. The number of likely N-dealkylation sites (tertiary alicyclic amines) is 1. The van der Waals surface area contributed by atoms with Crippen LogP contribution in [0.4, 0.5) is 16.2 Å². The largest absolute Gasteiger partial charge is 0.453 e. The van der Waals surface area contributed by atoms with E-state index in [2.05, 4.69) is 32.9 Å². The summed E-state index contributed by atoms with van der Waals surface area (Å²) in [5, 5.41) is 6.91. The van der Waals surface area contributed by atoms with E-state index in [1.165, 1.54) is 7.11 Å². The number of rotatable bonds is 6. The second-order valence-corrected chi connectivity index (χ2v) is 8.83. The van der Waals surface area contributed by atoms with Crippen LogP contribution < -0.4 is 10.2 Å².